The molecule has 0 radical (unpaired) electrons. The molecule has 1 heterocycles. The number of pyridine rings is 1. The highest BCUT2D eigenvalue weighted by Gasteiger charge is 2.17. The van der Waals surface area contributed by atoms with Crippen molar-refractivity contribution in [2.75, 3.05) is 7.11 Å². The molecule has 0 aromatic carbocycles. The van der Waals surface area contributed by atoms with E-state index in [2.05, 4.69) is 4.98 Å². The highest BCUT2D eigenvalue weighted by Crippen LogP contribution is 2.30. The van der Waals surface area contributed by atoms with Gasteiger partial charge in [-0.25, -0.2) is 8.78 Å². The van der Waals surface area contributed by atoms with Crippen molar-refractivity contribution in [1.82, 2.24) is 4.98 Å². The summed E-state index contributed by atoms with van der Waals surface area (Å²) in [4.78, 5) is 3.64. The molecule has 0 saturated carbocycles. The van der Waals surface area contributed by atoms with Crippen LogP contribution in [0.25, 0.3) is 0 Å². The van der Waals surface area contributed by atoms with Gasteiger partial charge in [0.15, 0.2) is 0 Å². The van der Waals surface area contributed by atoms with Gasteiger partial charge >= 0.3 is 0 Å². The van der Waals surface area contributed by atoms with Gasteiger partial charge in [-0.2, -0.15) is 0 Å². The summed E-state index contributed by atoms with van der Waals surface area (Å²) in [7, 11) is 1.42. The Hall–Kier alpha value is -0.900. The third kappa shape index (κ3) is 1.95. The molecule has 1 aromatic heterocycles. The summed E-state index contributed by atoms with van der Waals surface area (Å²) in [5.41, 5.74) is 0.715. The van der Waals surface area contributed by atoms with Crippen LogP contribution in [0.15, 0.2) is 6.20 Å². The molecular formula is C9H10ClF2NO. The quantitative estimate of drug-likeness (QED) is 0.732. The number of ether oxygens (including phenoxy) is 1. The predicted octanol–water partition coefficient (Wildman–Crippen LogP) is 3.08. The lowest BCUT2D eigenvalue weighted by atomic mass is 10.1. The Kier molecular flexibility index (Phi) is 3.63. The van der Waals surface area contributed by atoms with E-state index in [9.17, 15) is 8.78 Å². The first-order chi connectivity index (χ1) is 6.61. The highest BCUT2D eigenvalue weighted by molar-refractivity contribution is 6.17. The van der Waals surface area contributed by atoms with Crippen LogP contribution in [-0.2, 0) is 5.88 Å². The topological polar surface area (TPSA) is 22.1 Å². The third-order valence-electron chi connectivity index (χ3n) is 1.93. The van der Waals surface area contributed by atoms with Crippen LogP contribution >= 0.6 is 11.6 Å². The maximum absolute atomic E-state index is 12.4. The molecule has 0 N–H and O–H groups in total. The number of hydrogen-bond donors (Lipinski definition) is 0. The molecule has 0 bridgehead atoms. The summed E-state index contributed by atoms with van der Waals surface area (Å²) in [6, 6.07) is 0. The Morgan fingerprint density at radius 2 is 2.21 bits per heavy atom. The van der Waals surface area contributed by atoms with Gasteiger partial charge in [-0.15, -0.1) is 11.6 Å². The maximum Gasteiger partial charge on any atom is 0.280 e. The summed E-state index contributed by atoms with van der Waals surface area (Å²) in [5.74, 6) is 0.589. The Morgan fingerprint density at radius 1 is 1.57 bits per heavy atom. The van der Waals surface area contributed by atoms with E-state index in [0.29, 0.717) is 16.9 Å². The normalized spacial score (nSPS) is 10.7. The van der Waals surface area contributed by atoms with Gasteiger partial charge < -0.3 is 4.74 Å². The second kappa shape index (κ2) is 4.55. The molecule has 0 atom stereocenters. The molecule has 0 spiro atoms. The first-order valence-corrected chi connectivity index (χ1v) is 4.51. The van der Waals surface area contributed by atoms with Crippen molar-refractivity contribution in [3.8, 4) is 5.75 Å². The Balaban J connectivity index is 3.27. The number of alkyl halides is 3. The van der Waals surface area contributed by atoms with Crippen LogP contribution in [0.5, 0.6) is 5.75 Å². The van der Waals surface area contributed by atoms with E-state index >= 15 is 0 Å². The lowest BCUT2D eigenvalue weighted by molar-refractivity contribution is 0.144. The van der Waals surface area contributed by atoms with Crippen molar-refractivity contribution in [1.29, 1.82) is 0 Å². The van der Waals surface area contributed by atoms with Crippen molar-refractivity contribution in [3.05, 3.63) is 23.0 Å². The van der Waals surface area contributed by atoms with Gasteiger partial charge in [0.1, 0.15) is 11.4 Å². The van der Waals surface area contributed by atoms with Crippen LogP contribution in [0.3, 0.4) is 0 Å². The van der Waals surface area contributed by atoms with Crippen molar-refractivity contribution in [2.45, 2.75) is 19.2 Å². The van der Waals surface area contributed by atoms with Gasteiger partial charge in [-0.1, -0.05) is 0 Å². The first-order valence-electron chi connectivity index (χ1n) is 3.98. The Labute approximate surface area is 85.9 Å². The lowest BCUT2D eigenvalue weighted by Gasteiger charge is -2.12. The van der Waals surface area contributed by atoms with E-state index in [1.165, 1.54) is 13.3 Å². The minimum Gasteiger partial charge on any atom is -0.496 e. The molecule has 78 valence electrons. The van der Waals surface area contributed by atoms with Crippen LogP contribution in [0.4, 0.5) is 8.78 Å². The summed E-state index contributed by atoms with van der Waals surface area (Å²) < 4.78 is 29.9. The maximum atomic E-state index is 12.4. The largest absolute Gasteiger partial charge is 0.496 e. The monoisotopic (exact) mass is 221 g/mol. The van der Waals surface area contributed by atoms with E-state index in [1.54, 1.807) is 6.92 Å². The Bertz CT molecular complexity index is 331. The summed E-state index contributed by atoms with van der Waals surface area (Å²) in [6.07, 6.45) is -1.27. The summed E-state index contributed by atoms with van der Waals surface area (Å²) in [6.45, 7) is 1.55. The molecule has 0 saturated heterocycles. The average Bonchev–Trinajstić information content (AvgIpc) is 2.16. The van der Waals surface area contributed by atoms with Gasteiger partial charge in [-0.3, -0.25) is 4.98 Å². The average molecular weight is 222 g/mol. The molecule has 5 heteroatoms. The zero-order valence-corrected chi connectivity index (χ0v) is 8.61. The molecule has 14 heavy (non-hydrogen) atoms. The van der Waals surface area contributed by atoms with Crippen LogP contribution in [0.2, 0.25) is 0 Å². The van der Waals surface area contributed by atoms with Crippen LogP contribution in [-0.4, -0.2) is 12.1 Å². The standard InChI is InChI=1S/C9H10ClF2NO/c1-5-7(9(11)12)13-4-6(3-10)8(5)14-2/h4,9H,3H2,1-2H3. The van der Waals surface area contributed by atoms with E-state index in [0.717, 1.165) is 0 Å². The Morgan fingerprint density at radius 3 is 2.64 bits per heavy atom. The van der Waals surface area contributed by atoms with Crippen LogP contribution in [0, 0.1) is 6.92 Å². The first kappa shape index (κ1) is 11.2. The fraction of sp³-hybridized carbons (Fsp3) is 0.444. The molecular weight excluding hydrogens is 212 g/mol. The third-order valence-corrected chi connectivity index (χ3v) is 2.22. The van der Waals surface area contributed by atoms with E-state index in [4.69, 9.17) is 16.3 Å². The number of halogens is 3. The SMILES string of the molecule is COc1c(CCl)cnc(C(F)F)c1C. The van der Waals surface area contributed by atoms with Crippen molar-refractivity contribution in [3.63, 3.8) is 0 Å². The molecule has 0 aliphatic carbocycles. The van der Waals surface area contributed by atoms with Gasteiger partial charge in [0.2, 0.25) is 0 Å². The molecule has 2 nitrogen and oxygen atoms in total. The number of hydrogen-bond acceptors (Lipinski definition) is 2. The van der Waals surface area contributed by atoms with Crippen molar-refractivity contribution < 1.29 is 13.5 Å². The van der Waals surface area contributed by atoms with Crippen LogP contribution in [0.1, 0.15) is 23.2 Å². The summed E-state index contributed by atoms with van der Waals surface area (Å²) in [5, 5.41) is 0. The molecule has 1 aromatic rings. The summed E-state index contributed by atoms with van der Waals surface area (Å²) >= 11 is 5.61. The van der Waals surface area contributed by atoms with Gasteiger partial charge in [0, 0.05) is 17.3 Å². The van der Waals surface area contributed by atoms with E-state index < -0.39 is 6.43 Å². The zero-order valence-electron chi connectivity index (χ0n) is 7.85. The number of methoxy groups -OCH3 is 1. The fourth-order valence-electron chi connectivity index (χ4n) is 1.26. The van der Waals surface area contributed by atoms with E-state index in [-0.39, 0.29) is 11.6 Å². The van der Waals surface area contributed by atoms with Crippen LogP contribution < -0.4 is 4.74 Å². The molecule has 1 rings (SSSR count). The van der Waals surface area contributed by atoms with Crippen molar-refractivity contribution >= 4 is 11.6 Å². The predicted molar refractivity (Wildman–Crippen MR) is 50.0 cm³/mol. The number of aromatic nitrogens is 1. The minimum absolute atomic E-state index is 0.195. The van der Waals surface area contributed by atoms with Gasteiger partial charge in [-0.05, 0) is 6.92 Å². The van der Waals surface area contributed by atoms with Crippen molar-refractivity contribution in [2.24, 2.45) is 0 Å². The van der Waals surface area contributed by atoms with E-state index in [1.807, 2.05) is 0 Å². The second-order valence-corrected chi connectivity index (χ2v) is 3.03. The molecule has 0 fully saturated rings. The van der Waals surface area contributed by atoms with Gasteiger partial charge in [0.05, 0.1) is 13.0 Å². The molecule has 0 aliphatic rings. The minimum atomic E-state index is -2.59. The lowest BCUT2D eigenvalue weighted by Crippen LogP contribution is -2.01. The smallest absolute Gasteiger partial charge is 0.280 e. The zero-order chi connectivity index (χ0) is 10.7. The fourth-order valence-corrected chi connectivity index (χ4v) is 1.45. The number of rotatable bonds is 3. The molecule has 0 aliphatic heterocycles. The molecule has 0 amide bonds. The van der Waals surface area contributed by atoms with Gasteiger partial charge in [0.25, 0.3) is 6.43 Å². The molecule has 0 unspecified atom stereocenters. The number of nitrogens with zero attached hydrogens (tertiary/aromatic N) is 1. The second-order valence-electron chi connectivity index (χ2n) is 2.76. The highest BCUT2D eigenvalue weighted by atomic mass is 35.5.